The normalized spacial score (nSPS) is 19.9. The van der Waals surface area contributed by atoms with Crippen molar-refractivity contribution in [1.82, 2.24) is 15.1 Å². The molecular weight excluding hydrogens is 305 g/mol. The third-order valence-corrected chi connectivity index (χ3v) is 3.24. The molecule has 1 aliphatic heterocycles. The molecule has 22 heavy (non-hydrogen) atoms. The predicted octanol–water partition coefficient (Wildman–Crippen LogP) is 0.740. The maximum Gasteiger partial charge on any atom is 0.432 e. The summed E-state index contributed by atoms with van der Waals surface area (Å²) in [5, 5.41) is 16.8. The van der Waals surface area contributed by atoms with Crippen molar-refractivity contribution in [1.29, 1.82) is 0 Å². The Hall–Kier alpha value is -2.10. The summed E-state index contributed by atoms with van der Waals surface area (Å²) in [4.78, 5) is 24.8. The number of likely N-dealkylation sites (tertiary alicyclic amines) is 1. The maximum atomic E-state index is 12.4. The number of hydrogen-bond acceptors (Lipinski definition) is 4. The van der Waals surface area contributed by atoms with Crippen molar-refractivity contribution in [3.8, 4) is 0 Å². The first kappa shape index (κ1) is 16.3. The molecule has 1 saturated heterocycles. The van der Waals surface area contributed by atoms with Gasteiger partial charge in [0, 0.05) is 12.6 Å². The molecule has 1 aromatic heterocycles. The largest absolute Gasteiger partial charge is 0.432 e. The van der Waals surface area contributed by atoms with Gasteiger partial charge in [-0.05, 0) is 19.3 Å². The quantitative estimate of drug-likeness (QED) is 0.765. The lowest BCUT2D eigenvalue weighted by Gasteiger charge is -2.21. The second-order valence-corrected chi connectivity index (χ2v) is 4.98. The molecule has 0 saturated carbocycles. The van der Waals surface area contributed by atoms with Crippen molar-refractivity contribution < 1.29 is 27.9 Å². The average molecular weight is 320 g/mol. The first-order valence-corrected chi connectivity index (χ1v) is 6.66. The van der Waals surface area contributed by atoms with Gasteiger partial charge in [0.25, 0.3) is 5.91 Å². The zero-order valence-electron chi connectivity index (χ0n) is 11.5. The molecule has 2 amide bonds. The number of nitrogens with one attached hydrogen (secondary N) is 2. The highest BCUT2D eigenvalue weighted by molar-refractivity contribution is 5.94. The molecule has 2 rings (SSSR count). The zero-order chi connectivity index (χ0) is 16.3. The fourth-order valence-corrected chi connectivity index (χ4v) is 2.13. The summed E-state index contributed by atoms with van der Waals surface area (Å²) in [7, 11) is 0. The van der Waals surface area contributed by atoms with E-state index in [1.165, 1.54) is 4.90 Å². The Labute approximate surface area is 123 Å². The molecule has 0 spiro atoms. The van der Waals surface area contributed by atoms with Crippen LogP contribution in [-0.4, -0.2) is 51.2 Å². The third-order valence-electron chi connectivity index (χ3n) is 3.24. The number of aromatic nitrogens is 2. The Bertz CT molecular complexity index is 558. The number of aromatic amines is 1. The summed E-state index contributed by atoms with van der Waals surface area (Å²) < 4.78 is 37.2. The Morgan fingerprint density at radius 2 is 2.23 bits per heavy atom. The lowest BCUT2D eigenvalue weighted by molar-refractivity contribution is -0.141. The van der Waals surface area contributed by atoms with Gasteiger partial charge in [0.15, 0.2) is 5.82 Å². The zero-order valence-corrected chi connectivity index (χ0v) is 11.5. The smallest absolute Gasteiger partial charge is 0.383 e. The van der Waals surface area contributed by atoms with Crippen LogP contribution in [0.3, 0.4) is 0 Å². The molecular formula is C12H15F3N4O3. The summed E-state index contributed by atoms with van der Waals surface area (Å²) >= 11 is 0. The van der Waals surface area contributed by atoms with E-state index in [2.05, 4.69) is 10.4 Å². The second kappa shape index (κ2) is 6.34. The summed E-state index contributed by atoms with van der Waals surface area (Å²) in [5.74, 6) is -1.51. The van der Waals surface area contributed by atoms with Gasteiger partial charge in [-0.2, -0.15) is 18.3 Å². The molecule has 2 heterocycles. The van der Waals surface area contributed by atoms with Crippen LogP contribution in [0.1, 0.15) is 25.0 Å². The van der Waals surface area contributed by atoms with E-state index in [4.69, 9.17) is 0 Å². The van der Waals surface area contributed by atoms with Crippen molar-refractivity contribution in [2.24, 2.45) is 0 Å². The Balaban J connectivity index is 1.95. The molecule has 10 heteroatoms. The molecule has 3 N–H and O–H groups in total. The molecule has 0 aromatic carbocycles. The predicted molar refractivity (Wildman–Crippen MR) is 68.7 cm³/mol. The van der Waals surface area contributed by atoms with E-state index in [1.807, 2.05) is 0 Å². The van der Waals surface area contributed by atoms with Crippen LogP contribution in [-0.2, 0) is 15.8 Å². The molecule has 0 aliphatic carbocycles. The van der Waals surface area contributed by atoms with Gasteiger partial charge in [-0.3, -0.25) is 14.7 Å². The highest BCUT2D eigenvalue weighted by Crippen LogP contribution is 2.28. The summed E-state index contributed by atoms with van der Waals surface area (Å²) in [6, 6.07) is 0.664. The SMILES string of the molecule is O=C(CN1CCCCC(O)C1=O)Nc1cc(C(F)(F)F)[nH]n1. The first-order chi connectivity index (χ1) is 10.3. The number of alkyl halides is 3. The molecule has 1 unspecified atom stereocenters. The molecule has 1 fully saturated rings. The van der Waals surface area contributed by atoms with Crippen molar-refractivity contribution in [2.75, 3.05) is 18.4 Å². The van der Waals surface area contributed by atoms with Crippen molar-refractivity contribution in [2.45, 2.75) is 31.5 Å². The van der Waals surface area contributed by atoms with Gasteiger partial charge in [-0.1, -0.05) is 0 Å². The second-order valence-electron chi connectivity index (χ2n) is 4.98. The summed E-state index contributed by atoms with van der Waals surface area (Å²) in [6.07, 6.45) is -4.07. The van der Waals surface area contributed by atoms with E-state index < -0.39 is 29.8 Å². The Morgan fingerprint density at radius 1 is 1.50 bits per heavy atom. The average Bonchev–Trinajstić information content (AvgIpc) is 2.83. The molecule has 122 valence electrons. The monoisotopic (exact) mass is 320 g/mol. The molecule has 1 aromatic rings. The van der Waals surface area contributed by atoms with Crippen LogP contribution >= 0.6 is 0 Å². The molecule has 7 nitrogen and oxygen atoms in total. The summed E-state index contributed by atoms with van der Waals surface area (Å²) in [5.41, 5.74) is -1.08. The van der Waals surface area contributed by atoms with Crippen LogP contribution in [0.25, 0.3) is 0 Å². The lowest BCUT2D eigenvalue weighted by atomic mass is 10.2. The number of carbonyl (C=O) groups is 2. The van der Waals surface area contributed by atoms with Crippen LogP contribution in [0.2, 0.25) is 0 Å². The molecule has 1 atom stereocenters. The molecule has 0 radical (unpaired) electrons. The van der Waals surface area contributed by atoms with E-state index in [0.29, 0.717) is 31.9 Å². The molecule has 0 bridgehead atoms. The standard InChI is InChI=1S/C12H15F3N4O3/c13-12(14,15)8-5-9(18-17-8)16-10(21)6-19-4-2-1-3-7(20)11(19)22/h5,7,20H,1-4,6H2,(H2,16,17,18,21). The van der Waals surface area contributed by atoms with Crippen LogP contribution in [0, 0.1) is 0 Å². The van der Waals surface area contributed by atoms with Gasteiger partial charge in [0.1, 0.15) is 11.8 Å². The Morgan fingerprint density at radius 3 is 2.86 bits per heavy atom. The number of rotatable bonds is 3. The Kier molecular flexibility index (Phi) is 4.69. The highest BCUT2D eigenvalue weighted by Gasteiger charge is 2.33. The number of nitrogens with zero attached hydrogens (tertiary/aromatic N) is 2. The number of halogens is 3. The van der Waals surface area contributed by atoms with Crippen molar-refractivity contribution in [3.63, 3.8) is 0 Å². The van der Waals surface area contributed by atoms with E-state index in [1.54, 1.807) is 5.10 Å². The van der Waals surface area contributed by atoms with Crippen LogP contribution in [0.5, 0.6) is 0 Å². The lowest BCUT2D eigenvalue weighted by Crippen LogP contribution is -2.42. The van der Waals surface area contributed by atoms with Gasteiger partial charge in [0.05, 0.1) is 6.54 Å². The number of anilines is 1. The van der Waals surface area contributed by atoms with Gasteiger partial charge in [0.2, 0.25) is 5.91 Å². The third kappa shape index (κ3) is 3.97. The maximum absolute atomic E-state index is 12.4. The van der Waals surface area contributed by atoms with E-state index in [9.17, 15) is 27.9 Å². The molecule has 1 aliphatic rings. The number of amides is 2. The number of aliphatic hydroxyl groups excluding tert-OH is 1. The number of carbonyl (C=O) groups excluding carboxylic acids is 2. The highest BCUT2D eigenvalue weighted by atomic mass is 19.4. The van der Waals surface area contributed by atoms with Crippen LogP contribution < -0.4 is 5.32 Å². The summed E-state index contributed by atoms with van der Waals surface area (Å²) in [6.45, 7) is -0.0260. The van der Waals surface area contributed by atoms with Crippen LogP contribution in [0.4, 0.5) is 19.0 Å². The number of aliphatic hydroxyl groups is 1. The fourth-order valence-electron chi connectivity index (χ4n) is 2.13. The first-order valence-electron chi connectivity index (χ1n) is 6.66. The fraction of sp³-hybridized carbons (Fsp3) is 0.583. The van der Waals surface area contributed by atoms with Gasteiger partial charge >= 0.3 is 6.18 Å². The topological polar surface area (TPSA) is 98.3 Å². The van der Waals surface area contributed by atoms with E-state index in [0.717, 1.165) is 0 Å². The van der Waals surface area contributed by atoms with Gasteiger partial charge in [-0.15, -0.1) is 0 Å². The van der Waals surface area contributed by atoms with Crippen LogP contribution in [0.15, 0.2) is 6.07 Å². The van der Waals surface area contributed by atoms with Crippen molar-refractivity contribution >= 4 is 17.6 Å². The van der Waals surface area contributed by atoms with Gasteiger partial charge < -0.3 is 15.3 Å². The minimum Gasteiger partial charge on any atom is -0.383 e. The minimum absolute atomic E-state index is 0.278. The van der Waals surface area contributed by atoms with E-state index >= 15 is 0 Å². The van der Waals surface area contributed by atoms with Crippen molar-refractivity contribution in [3.05, 3.63) is 11.8 Å². The number of H-pyrrole nitrogens is 1. The minimum atomic E-state index is -4.58. The number of hydrogen-bond donors (Lipinski definition) is 3. The van der Waals surface area contributed by atoms with E-state index in [-0.39, 0.29) is 12.4 Å². The van der Waals surface area contributed by atoms with Gasteiger partial charge in [-0.25, -0.2) is 0 Å².